The Morgan fingerprint density at radius 3 is 2.78 bits per heavy atom. The van der Waals surface area contributed by atoms with Gasteiger partial charge in [-0.25, -0.2) is 0 Å². The molecule has 1 aromatic heterocycles. The van der Waals surface area contributed by atoms with Crippen molar-refractivity contribution in [1.29, 1.82) is 0 Å². The quantitative estimate of drug-likeness (QED) is 0.792. The zero-order valence-electron chi connectivity index (χ0n) is 9.24. The first-order valence-electron chi connectivity index (χ1n) is 5.13. The van der Waals surface area contributed by atoms with Crippen LogP contribution in [0.3, 0.4) is 0 Å². The number of hydrogen-bond donors (Lipinski definition) is 2. The Balaban J connectivity index is 2.11. The van der Waals surface area contributed by atoms with Crippen LogP contribution in [0.4, 0.5) is 5.69 Å². The van der Waals surface area contributed by atoms with Gasteiger partial charge in [0.2, 0.25) is 0 Å². The SMILES string of the molecule is NC(=S)c1ccc(NCc2sccc2Br)c(Cl)c1. The molecule has 6 heteroatoms. The van der Waals surface area contributed by atoms with E-state index in [0.29, 0.717) is 10.0 Å². The molecule has 1 heterocycles. The van der Waals surface area contributed by atoms with E-state index in [4.69, 9.17) is 29.6 Å². The van der Waals surface area contributed by atoms with Crippen LogP contribution in [0.25, 0.3) is 0 Å². The molecule has 0 aliphatic heterocycles. The van der Waals surface area contributed by atoms with Crippen LogP contribution in [0.5, 0.6) is 0 Å². The molecule has 2 nitrogen and oxygen atoms in total. The van der Waals surface area contributed by atoms with Gasteiger partial charge >= 0.3 is 0 Å². The average molecular weight is 362 g/mol. The van der Waals surface area contributed by atoms with Crippen molar-refractivity contribution in [3.8, 4) is 0 Å². The Kier molecular flexibility index (Phi) is 4.61. The lowest BCUT2D eigenvalue weighted by Crippen LogP contribution is -2.09. The number of rotatable bonds is 4. The summed E-state index contributed by atoms with van der Waals surface area (Å²) >= 11 is 16.3. The van der Waals surface area contributed by atoms with Gasteiger partial charge in [0.25, 0.3) is 0 Å². The van der Waals surface area contributed by atoms with E-state index in [1.54, 1.807) is 17.4 Å². The molecule has 18 heavy (non-hydrogen) atoms. The second-order valence-corrected chi connectivity index (χ2v) is 6.31. The van der Waals surface area contributed by atoms with Crippen LogP contribution >= 0.6 is 51.1 Å². The van der Waals surface area contributed by atoms with Gasteiger partial charge in [0.1, 0.15) is 4.99 Å². The molecule has 0 saturated carbocycles. The molecular weight excluding hydrogens is 352 g/mol. The fourth-order valence-electron chi connectivity index (χ4n) is 1.44. The van der Waals surface area contributed by atoms with Gasteiger partial charge in [-0.05, 0) is 45.6 Å². The van der Waals surface area contributed by atoms with Crippen molar-refractivity contribution < 1.29 is 0 Å². The van der Waals surface area contributed by atoms with Gasteiger partial charge < -0.3 is 11.1 Å². The minimum Gasteiger partial charge on any atom is -0.389 e. The van der Waals surface area contributed by atoms with Gasteiger partial charge in [0, 0.05) is 14.9 Å². The smallest absolute Gasteiger partial charge is 0.104 e. The molecule has 94 valence electrons. The molecule has 1 aromatic carbocycles. The molecule has 3 N–H and O–H groups in total. The second kappa shape index (κ2) is 6.02. The molecule has 0 saturated heterocycles. The third-order valence-corrected chi connectivity index (χ3v) is 4.86. The monoisotopic (exact) mass is 360 g/mol. The maximum absolute atomic E-state index is 6.17. The largest absolute Gasteiger partial charge is 0.389 e. The van der Waals surface area contributed by atoms with Crippen LogP contribution in [0.2, 0.25) is 5.02 Å². The summed E-state index contributed by atoms with van der Waals surface area (Å²) in [5, 5.41) is 5.95. The zero-order valence-corrected chi connectivity index (χ0v) is 13.2. The standard InChI is InChI=1S/C12H10BrClN2S2/c13-8-3-4-18-11(8)6-16-10-2-1-7(12(15)17)5-9(10)14/h1-5,16H,6H2,(H2,15,17). The molecule has 0 radical (unpaired) electrons. The van der Waals surface area contributed by atoms with Crippen molar-refractivity contribution >= 4 is 61.8 Å². The predicted octanol–water partition coefficient (Wildman–Crippen LogP) is 4.41. The van der Waals surface area contributed by atoms with Crippen LogP contribution in [0.15, 0.2) is 34.1 Å². The lowest BCUT2D eigenvalue weighted by Gasteiger charge is -2.09. The van der Waals surface area contributed by atoms with Crippen LogP contribution in [-0.2, 0) is 6.54 Å². The zero-order chi connectivity index (χ0) is 13.1. The minimum absolute atomic E-state index is 0.351. The normalized spacial score (nSPS) is 10.3. The molecule has 2 aromatic rings. The van der Waals surface area contributed by atoms with E-state index >= 15 is 0 Å². The molecule has 0 aliphatic carbocycles. The van der Waals surface area contributed by atoms with Crippen molar-refractivity contribution in [3.63, 3.8) is 0 Å². The number of thiocarbonyl (C=S) groups is 1. The predicted molar refractivity (Wildman–Crippen MR) is 86.7 cm³/mol. The number of halogens is 2. The Morgan fingerprint density at radius 2 is 2.22 bits per heavy atom. The Morgan fingerprint density at radius 1 is 1.44 bits per heavy atom. The number of nitrogens with two attached hydrogens (primary N) is 1. The maximum atomic E-state index is 6.17. The first-order valence-corrected chi connectivity index (χ1v) is 7.59. The molecule has 0 spiro atoms. The highest BCUT2D eigenvalue weighted by Gasteiger charge is 2.05. The summed E-state index contributed by atoms with van der Waals surface area (Å²) in [5.74, 6) is 0. The Bertz CT molecular complexity index is 583. The summed E-state index contributed by atoms with van der Waals surface area (Å²) in [4.78, 5) is 1.58. The van der Waals surface area contributed by atoms with Crippen molar-refractivity contribution in [3.05, 3.63) is 49.6 Å². The van der Waals surface area contributed by atoms with E-state index in [0.717, 1.165) is 22.3 Å². The van der Waals surface area contributed by atoms with Crippen molar-refractivity contribution in [2.45, 2.75) is 6.54 Å². The number of benzene rings is 1. The first-order chi connectivity index (χ1) is 8.58. The van der Waals surface area contributed by atoms with Crippen LogP contribution in [0, 0.1) is 0 Å². The van der Waals surface area contributed by atoms with Gasteiger partial charge in [-0.1, -0.05) is 23.8 Å². The molecular formula is C12H10BrClN2S2. The van der Waals surface area contributed by atoms with Gasteiger partial charge in [-0.15, -0.1) is 11.3 Å². The fourth-order valence-corrected chi connectivity index (χ4v) is 3.25. The molecule has 0 unspecified atom stereocenters. The van der Waals surface area contributed by atoms with E-state index in [1.165, 1.54) is 4.88 Å². The topological polar surface area (TPSA) is 38.0 Å². The van der Waals surface area contributed by atoms with Gasteiger partial charge in [-0.2, -0.15) is 0 Å². The number of thiophene rings is 1. The van der Waals surface area contributed by atoms with Gasteiger partial charge in [0.05, 0.1) is 17.3 Å². The van der Waals surface area contributed by atoms with Gasteiger partial charge in [0.15, 0.2) is 0 Å². The Hall–Kier alpha value is -0.620. The molecule has 0 atom stereocenters. The van der Waals surface area contributed by atoms with E-state index in [9.17, 15) is 0 Å². The molecule has 0 fully saturated rings. The molecule has 0 amide bonds. The summed E-state index contributed by atoms with van der Waals surface area (Å²) in [6.07, 6.45) is 0. The summed E-state index contributed by atoms with van der Waals surface area (Å²) in [6, 6.07) is 7.55. The van der Waals surface area contributed by atoms with Crippen molar-refractivity contribution in [2.24, 2.45) is 5.73 Å². The third kappa shape index (κ3) is 3.23. The number of hydrogen-bond acceptors (Lipinski definition) is 3. The van der Waals surface area contributed by atoms with Crippen molar-refractivity contribution in [2.75, 3.05) is 5.32 Å². The summed E-state index contributed by atoms with van der Waals surface area (Å²) in [6.45, 7) is 0.727. The van der Waals surface area contributed by atoms with E-state index in [2.05, 4.69) is 21.2 Å². The lowest BCUT2D eigenvalue weighted by molar-refractivity contribution is 1.18. The lowest BCUT2D eigenvalue weighted by atomic mass is 10.2. The highest BCUT2D eigenvalue weighted by molar-refractivity contribution is 9.10. The van der Waals surface area contributed by atoms with Crippen LogP contribution in [0.1, 0.15) is 10.4 Å². The molecule has 0 aliphatic rings. The van der Waals surface area contributed by atoms with E-state index in [-0.39, 0.29) is 0 Å². The fraction of sp³-hybridized carbons (Fsp3) is 0.0833. The highest BCUT2D eigenvalue weighted by Crippen LogP contribution is 2.27. The van der Waals surface area contributed by atoms with Crippen LogP contribution in [-0.4, -0.2) is 4.99 Å². The summed E-state index contributed by atoms with van der Waals surface area (Å²) < 4.78 is 1.11. The van der Waals surface area contributed by atoms with E-state index in [1.807, 2.05) is 23.6 Å². The summed E-state index contributed by atoms with van der Waals surface area (Å²) in [5.41, 5.74) is 7.20. The number of anilines is 1. The average Bonchev–Trinajstić information content (AvgIpc) is 2.73. The second-order valence-electron chi connectivity index (χ2n) is 3.60. The Labute approximate surface area is 128 Å². The van der Waals surface area contributed by atoms with Crippen LogP contribution < -0.4 is 11.1 Å². The summed E-state index contributed by atoms with van der Waals surface area (Å²) in [7, 11) is 0. The number of nitrogens with one attached hydrogen (secondary N) is 1. The van der Waals surface area contributed by atoms with Gasteiger partial charge in [-0.3, -0.25) is 0 Å². The van der Waals surface area contributed by atoms with Crippen molar-refractivity contribution in [1.82, 2.24) is 0 Å². The minimum atomic E-state index is 0.351. The first kappa shape index (κ1) is 13.8. The third-order valence-electron chi connectivity index (χ3n) is 2.38. The molecule has 0 bridgehead atoms. The highest BCUT2D eigenvalue weighted by atomic mass is 79.9. The molecule has 2 rings (SSSR count). The van der Waals surface area contributed by atoms with E-state index < -0.39 is 0 Å². The maximum Gasteiger partial charge on any atom is 0.104 e.